The fourth-order valence-electron chi connectivity index (χ4n) is 4.44. The van der Waals surface area contributed by atoms with Crippen LogP contribution in [0, 0.1) is 5.92 Å². The molecule has 3 N–H and O–H groups in total. The molecular weight excluding hydrogens is 436 g/mol. The minimum atomic E-state index is -0.375. The highest BCUT2D eigenvalue weighted by atomic mass is 32.1. The summed E-state index contributed by atoms with van der Waals surface area (Å²) in [4.78, 5) is 23.6. The van der Waals surface area contributed by atoms with Crippen LogP contribution in [0.15, 0.2) is 36.0 Å². The van der Waals surface area contributed by atoms with E-state index in [1.807, 2.05) is 0 Å². The molecule has 1 aromatic carbocycles. The Bertz CT molecular complexity index is 1300. The third kappa shape index (κ3) is 3.69. The van der Waals surface area contributed by atoms with Gasteiger partial charge in [-0.1, -0.05) is 45.0 Å². The Hall–Kier alpha value is -2.77. The maximum absolute atomic E-state index is 12.4. The second kappa shape index (κ2) is 8.30. The summed E-state index contributed by atoms with van der Waals surface area (Å²) < 4.78 is 0. The molecule has 1 atom stereocenters. The Labute approximate surface area is 195 Å². The summed E-state index contributed by atoms with van der Waals surface area (Å²) in [7, 11) is 0. The van der Waals surface area contributed by atoms with E-state index in [0.29, 0.717) is 23.2 Å². The first-order valence-electron chi connectivity index (χ1n) is 11.0. The number of carbonyl (C=O) groups excluding carboxylic acids is 1. The molecule has 1 aliphatic carbocycles. The van der Waals surface area contributed by atoms with E-state index in [-0.39, 0.29) is 5.91 Å². The number of aromatic nitrogens is 2. The normalized spacial score (nSPS) is 15.8. The predicted molar refractivity (Wildman–Crippen MR) is 134 cm³/mol. The molecule has 0 radical (unpaired) electrons. The number of hydrogen-bond donors (Lipinski definition) is 2. The number of nitrogens with zero attached hydrogens (tertiary/aromatic N) is 2. The van der Waals surface area contributed by atoms with E-state index >= 15 is 0 Å². The van der Waals surface area contributed by atoms with Crippen LogP contribution in [-0.2, 0) is 12.8 Å². The zero-order valence-corrected chi connectivity index (χ0v) is 20.1. The molecule has 4 aromatic rings. The van der Waals surface area contributed by atoms with Gasteiger partial charge in [-0.2, -0.15) is 0 Å². The number of primary amides is 1. The Kier molecular flexibility index (Phi) is 5.47. The van der Waals surface area contributed by atoms with Gasteiger partial charge in [0.25, 0.3) is 5.91 Å². The minimum absolute atomic E-state index is 0.375. The lowest BCUT2D eigenvalue weighted by Crippen LogP contribution is -2.17. The SMILES string of the molecule is CC1CCc2c(sc(Nc3ncnc4scc(-c5ccc(C(C)C)cc5)c34)c2C(N)=O)C1. The number of anilines is 2. The quantitative estimate of drug-likeness (QED) is 0.354. The van der Waals surface area contributed by atoms with E-state index in [4.69, 9.17) is 5.73 Å². The molecule has 1 amide bonds. The average molecular weight is 463 g/mol. The van der Waals surface area contributed by atoms with Crippen molar-refractivity contribution in [1.29, 1.82) is 0 Å². The van der Waals surface area contributed by atoms with Crippen LogP contribution >= 0.6 is 22.7 Å². The van der Waals surface area contributed by atoms with Gasteiger partial charge < -0.3 is 11.1 Å². The molecular formula is C25H26N4OS2. The highest BCUT2D eigenvalue weighted by Gasteiger charge is 2.27. The summed E-state index contributed by atoms with van der Waals surface area (Å²) in [6, 6.07) is 8.68. The van der Waals surface area contributed by atoms with Crippen LogP contribution in [0.25, 0.3) is 21.3 Å². The van der Waals surface area contributed by atoms with Gasteiger partial charge in [0.1, 0.15) is 22.0 Å². The van der Waals surface area contributed by atoms with Crippen molar-refractivity contribution in [3.05, 3.63) is 57.5 Å². The molecule has 0 saturated heterocycles. The lowest BCUT2D eigenvalue weighted by Gasteiger charge is -2.18. The lowest BCUT2D eigenvalue weighted by atomic mass is 9.88. The summed E-state index contributed by atoms with van der Waals surface area (Å²) in [6.45, 7) is 6.65. The third-order valence-electron chi connectivity index (χ3n) is 6.25. The van der Waals surface area contributed by atoms with Crippen LogP contribution in [0.5, 0.6) is 0 Å². The number of fused-ring (bicyclic) bond motifs is 2. The van der Waals surface area contributed by atoms with E-state index in [9.17, 15) is 4.79 Å². The maximum Gasteiger partial charge on any atom is 0.251 e. The molecule has 3 heterocycles. The highest BCUT2D eigenvalue weighted by Crippen LogP contribution is 2.43. The molecule has 7 heteroatoms. The van der Waals surface area contributed by atoms with Crippen molar-refractivity contribution in [3.8, 4) is 11.1 Å². The first-order chi connectivity index (χ1) is 15.4. The Balaban J connectivity index is 1.59. The number of nitrogens with one attached hydrogen (secondary N) is 1. The number of rotatable bonds is 5. The molecule has 0 spiro atoms. The van der Waals surface area contributed by atoms with Gasteiger partial charge in [0.05, 0.1) is 10.9 Å². The zero-order chi connectivity index (χ0) is 22.4. The van der Waals surface area contributed by atoms with Crippen LogP contribution in [-0.4, -0.2) is 15.9 Å². The maximum atomic E-state index is 12.4. The van der Waals surface area contributed by atoms with Gasteiger partial charge in [-0.15, -0.1) is 22.7 Å². The number of carbonyl (C=O) groups is 1. The zero-order valence-electron chi connectivity index (χ0n) is 18.4. The predicted octanol–water partition coefficient (Wildman–Crippen LogP) is 6.51. The van der Waals surface area contributed by atoms with Crippen LogP contribution in [0.2, 0.25) is 0 Å². The number of benzene rings is 1. The monoisotopic (exact) mass is 462 g/mol. The van der Waals surface area contributed by atoms with E-state index in [0.717, 1.165) is 51.2 Å². The third-order valence-corrected chi connectivity index (χ3v) is 8.30. The molecule has 164 valence electrons. The largest absolute Gasteiger partial charge is 0.365 e. The number of amides is 1. The number of thiophene rings is 2. The summed E-state index contributed by atoms with van der Waals surface area (Å²) in [5, 5.41) is 7.37. The first kappa shape index (κ1) is 21.1. The standard InChI is InChI=1S/C25H26N4OS2/c1-13(2)15-5-7-16(8-6-15)18-11-31-24-21(18)23(27-12-28-24)29-25-20(22(26)30)17-9-4-14(3)10-19(17)32-25/h5-8,11-14H,4,9-10H2,1-3H3,(H2,26,30)(H,27,28,29). The van der Waals surface area contributed by atoms with Gasteiger partial charge >= 0.3 is 0 Å². The van der Waals surface area contributed by atoms with Crippen molar-refractivity contribution in [2.24, 2.45) is 11.7 Å². The van der Waals surface area contributed by atoms with Gasteiger partial charge in [-0.25, -0.2) is 9.97 Å². The summed E-state index contributed by atoms with van der Waals surface area (Å²) in [5.74, 6) is 1.45. The van der Waals surface area contributed by atoms with Crippen molar-refractivity contribution >= 4 is 49.6 Å². The molecule has 5 rings (SSSR count). The van der Waals surface area contributed by atoms with E-state index in [1.165, 1.54) is 10.4 Å². The van der Waals surface area contributed by atoms with Gasteiger partial charge in [-0.3, -0.25) is 4.79 Å². The molecule has 32 heavy (non-hydrogen) atoms. The van der Waals surface area contributed by atoms with Crippen molar-refractivity contribution in [2.75, 3.05) is 5.32 Å². The fraction of sp³-hybridized carbons (Fsp3) is 0.320. The molecule has 0 fully saturated rings. The average Bonchev–Trinajstić information content (AvgIpc) is 3.35. The van der Waals surface area contributed by atoms with E-state index in [1.54, 1.807) is 29.0 Å². The smallest absolute Gasteiger partial charge is 0.251 e. The van der Waals surface area contributed by atoms with E-state index in [2.05, 4.69) is 65.7 Å². The molecule has 1 unspecified atom stereocenters. The molecule has 1 aliphatic rings. The van der Waals surface area contributed by atoms with Crippen molar-refractivity contribution in [1.82, 2.24) is 9.97 Å². The summed E-state index contributed by atoms with van der Waals surface area (Å²) >= 11 is 3.24. The van der Waals surface area contributed by atoms with Gasteiger partial charge in [-0.05, 0) is 47.8 Å². The number of nitrogens with two attached hydrogens (primary N) is 1. The molecule has 0 aliphatic heterocycles. The molecule has 0 saturated carbocycles. The summed E-state index contributed by atoms with van der Waals surface area (Å²) in [5.41, 5.74) is 11.1. The van der Waals surface area contributed by atoms with Gasteiger partial charge in [0, 0.05) is 15.8 Å². The Morgan fingerprint density at radius 3 is 2.72 bits per heavy atom. The first-order valence-corrected chi connectivity index (χ1v) is 12.7. The van der Waals surface area contributed by atoms with Crippen LogP contribution in [0.1, 0.15) is 59.5 Å². The van der Waals surface area contributed by atoms with Crippen LogP contribution in [0.3, 0.4) is 0 Å². The van der Waals surface area contributed by atoms with Crippen molar-refractivity contribution < 1.29 is 4.79 Å². The molecule has 5 nitrogen and oxygen atoms in total. The molecule has 3 aromatic heterocycles. The fourth-order valence-corrected chi connectivity index (χ4v) is 6.77. The van der Waals surface area contributed by atoms with E-state index < -0.39 is 0 Å². The second-order valence-corrected chi connectivity index (χ2v) is 10.8. The van der Waals surface area contributed by atoms with Crippen molar-refractivity contribution in [2.45, 2.75) is 46.0 Å². The highest BCUT2D eigenvalue weighted by molar-refractivity contribution is 7.17. The van der Waals surface area contributed by atoms with Crippen LogP contribution in [0.4, 0.5) is 10.8 Å². The lowest BCUT2D eigenvalue weighted by molar-refractivity contribution is 0.1000. The van der Waals surface area contributed by atoms with Gasteiger partial charge in [0.2, 0.25) is 0 Å². The van der Waals surface area contributed by atoms with Gasteiger partial charge in [0.15, 0.2) is 0 Å². The summed E-state index contributed by atoms with van der Waals surface area (Å²) in [6.07, 6.45) is 4.56. The Morgan fingerprint density at radius 2 is 2.00 bits per heavy atom. The minimum Gasteiger partial charge on any atom is -0.365 e. The topological polar surface area (TPSA) is 80.9 Å². The van der Waals surface area contributed by atoms with Crippen LogP contribution < -0.4 is 11.1 Å². The van der Waals surface area contributed by atoms with Crippen molar-refractivity contribution in [3.63, 3.8) is 0 Å². The Morgan fingerprint density at radius 1 is 1.22 bits per heavy atom. The second-order valence-electron chi connectivity index (χ2n) is 8.87. The molecule has 0 bridgehead atoms. The number of hydrogen-bond acceptors (Lipinski definition) is 6.